The molecule has 0 aliphatic carbocycles. The number of carbonyl (C=O) groups is 2. The summed E-state index contributed by atoms with van der Waals surface area (Å²) in [6.07, 6.45) is 1.31. The van der Waals surface area contributed by atoms with Crippen LogP contribution in [0.1, 0.15) is 49.7 Å². The zero-order valence-corrected chi connectivity index (χ0v) is 23.2. The molecule has 0 radical (unpaired) electrons. The molecule has 2 aromatic heterocycles. The van der Waals surface area contributed by atoms with Crippen LogP contribution in [0.25, 0.3) is 22.4 Å². The maximum Gasteiger partial charge on any atom is 0.270 e. The van der Waals surface area contributed by atoms with Crippen molar-refractivity contribution in [3.8, 4) is 11.4 Å². The first-order chi connectivity index (χ1) is 19.2. The number of hydrogen-bond acceptors (Lipinski definition) is 6. The number of H-pyrrole nitrogens is 1. The van der Waals surface area contributed by atoms with Gasteiger partial charge in [-0.3, -0.25) is 9.59 Å². The predicted molar refractivity (Wildman–Crippen MR) is 156 cm³/mol. The Kier molecular flexibility index (Phi) is 7.58. The summed E-state index contributed by atoms with van der Waals surface area (Å²) in [5.41, 5.74) is 1.58. The molecule has 9 heteroatoms. The van der Waals surface area contributed by atoms with Gasteiger partial charge in [-0.1, -0.05) is 60.7 Å². The number of fused-ring (bicyclic) bond motifs is 1. The normalized spacial score (nSPS) is 15.2. The molecule has 2 aromatic carbocycles. The fourth-order valence-electron chi connectivity index (χ4n) is 5.67. The number of nitrogens with one attached hydrogen (secondary N) is 3. The second kappa shape index (κ2) is 11.1. The molecular formula is C31H36N6O3. The molecule has 0 bridgehead atoms. The lowest BCUT2D eigenvalue weighted by molar-refractivity contribution is -0.118. The summed E-state index contributed by atoms with van der Waals surface area (Å²) in [6, 6.07) is 21.6. The van der Waals surface area contributed by atoms with Crippen LogP contribution < -0.4 is 10.6 Å². The summed E-state index contributed by atoms with van der Waals surface area (Å²) < 4.78 is 0. The number of aromatic nitrogens is 3. The third-order valence-electron chi connectivity index (χ3n) is 7.94. The highest BCUT2D eigenvalue weighted by molar-refractivity contribution is 6.00. The average Bonchev–Trinajstić information content (AvgIpc) is 3.40. The number of benzene rings is 2. The molecule has 40 heavy (non-hydrogen) atoms. The second-order valence-electron chi connectivity index (χ2n) is 10.9. The van der Waals surface area contributed by atoms with E-state index in [1.807, 2.05) is 67.3 Å². The number of aromatic amines is 1. The standard InChI is InChI=1S/C31H36N6O3/c1-21(38)32-16-17-33-27-24-20-25(34-28(24)36-26(35-27)22-10-6-4-7-11-22)29(39)37-18-14-31(15-19-37,30(2,3)40)23-12-8-5-9-13-23/h4-13,20,40H,14-19H2,1-3H3,(H,32,38)(H2,33,34,35,36). The summed E-state index contributed by atoms with van der Waals surface area (Å²) in [5.74, 6) is 0.914. The van der Waals surface area contributed by atoms with Crippen molar-refractivity contribution in [2.24, 2.45) is 0 Å². The smallest absolute Gasteiger partial charge is 0.270 e. The molecule has 9 nitrogen and oxygen atoms in total. The van der Waals surface area contributed by atoms with E-state index in [1.165, 1.54) is 6.92 Å². The zero-order chi connectivity index (χ0) is 28.3. The van der Waals surface area contributed by atoms with Crippen LogP contribution in [-0.2, 0) is 10.2 Å². The predicted octanol–water partition coefficient (Wildman–Crippen LogP) is 4.12. The molecule has 0 spiro atoms. The van der Waals surface area contributed by atoms with Crippen molar-refractivity contribution in [1.29, 1.82) is 0 Å². The number of rotatable bonds is 8. The van der Waals surface area contributed by atoms with E-state index in [2.05, 4.69) is 27.8 Å². The van der Waals surface area contributed by atoms with Gasteiger partial charge in [0.05, 0.1) is 11.0 Å². The van der Waals surface area contributed by atoms with Crippen LogP contribution >= 0.6 is 0 Å². The lowest BCUT2D eigenvalue weighted by atomic mass is 9.63. The van der Waals surface area contributed by atoms with E-state index in [0.29, 0.717) is 67.4 Å². The van der Waals surface area contributed by atoms with E-state index in [9.17, 15) is 14.7 Å². The van der Waals surface area contributed by atoms with Crippen LogP contribution in [0.15, 0.2) is 66.7 Å². The maximum absolute atomic E-state index is 13.7. The molecule has 5 rings (SSSR count). The van der Waals surface area contributed by atoms with Gasteiger partial charge in [-0.05, 0) is 38.3 Å². The third kappa shape index (κ3) is 5.42. The Morgan fingerprint density at radius 1 is 1.00 bits per heavy atom. The van der Waals surface area contributed by atoms with E-state index in [1.54, 1.807) is 6.07 Å². The Morgan fingerprint density at radius 2 is 1.65 bits per heavy atom. The molecule has 1 aliphatic heterocycles. The van der Waals surface area contributed by atoms with Gasteiger partial charge in [-0.2, -0.15) is 0 Å². The fourth-order valence-corrected chi connectivity index (χ4v) is 5.67. The fraction of sp³-hybridized carbons (Fsp3) is 0.355. The number of piperidine rings is 1. The molecule has 2 amide bonds. The molecule has 1 saturated heterocycles. The number of carbonyl (C=O) groups excluding carboxylic acids is 2. The SMILES string of the molecule is CC(=O)NCCNc1nc(-c2ccccc2)nc2[nH]c(C(=O)N3CCC(c4ccccc4)(C(C)(C)O)CC3)cc12. The highest BCUT2D eigenvalue weighted by atomic mass is 16.3. The van der Waals surface area contributed by atoms with E-state index >= 15 is 0 Å². The Labute approximate surface area is 234 Å². The molecule has 208 valence electrons. The molecule has 4 N–H and O–H groups in total. The van der Waals surface area contributed by atoms with Crippen LogP contribution in [0.4, 0.5) is 5.82 Å². The van der Waals surface area contributed by atoms with Crippen LogP contribution in [0.3, 0.4) is 0 Å². The molecule has 0 atom stereocenters. The first kappa shape index (κ1) is 27.3. The van der Waals surface area contributed by atoms with Crippen LogP contribution in [0.2, 0.25) is 0 Å². The van der Waals surface area contributed by atoms with Crippen molar-refractivity contribution in [2.75, 3.05) is 31.5 Å². The Hall–Kier alpha value is -4.24. The third-order valence-corrected chi connectivity index (χ3v) is 7.94. The minimum Gasteiger partial charge on any atom is -0.390 e. The summed E-state index contributed by atoms with van der Waals surface area (Å²) >= 11 is 0. The largest absolute Gasteiger partial charge is 0.390 e. The molecule has 1 fully saturated rings. The monoisotopic (exact) mass is 540 g/mol. The molecular weight excluding hydrogens is 504 g/mol. The minimum atomic E-state index is -0.939. The number of anilines is 1. The van der Waals surface area contributed by atoms with Gasteiger partial charge in [0.1, 0.15) is 17.2 Å². The van der Waals surface area contributed by atoms with Crippen LogP contribution in [-0.4, -0.2) is 68.6 Å². The molecule has 1 aliphatic rings. The Morgan fingerprint density at radius 3 is 2.27 bits per heavy atom. The molecule has 0 unspecified atom stereocenters. The number of aliphatic hydroxyl groups is 1. The number of nitrogens with zero attached hydrogens (tertiary/aromatic N) is 3. The zero-order valence-electron chi connectivity index (χ0n) is 23.2. The van der Waals surface area contributed by atoms with Gasteiger partial charge in [0.25, 0.3) is 5.91 Å². The maximum atomic E-state index is 13.7. The van der Waals surface area contributed by atoms with Gasteiger partial charge in [0.15, 0.2) is 5.82 Å². The van der Waals surface area contributed by atoms with Crippen molar-refractivity contribution in [2.45, 2.75) is 44.6 Å². The van der Waals surface area contributed by atoms with Crippen molar-refractivity contribution >= 4 is 28.7 Å². The van der Waals surface area contributed by atoms with E-state index in [0.717, 1.165) is 11.1 Å². The molecule has 0 saturated carbocycles. The first-order valence-electron chi connectivity index (χ1n) is 13.7. The Balaban J connectivity index is 1.41. The summed E-state index contributed by atoms with van der Waals surface area (Å²) in [5, 5.41) is 18.0. The lowest BCUT2D eigenvalue weighted by Gasteiger charge is -2.49. The van der Waals surface area contributed by atoms with E-state index in [-0.39, 0.29) is 11.8 Å². The van der Waals surface area contributed by atoms with Gasteiger partial charge in [0.2, 0.25) is 5.91 Å². The first-order valence-corrected chi connectivity index (χ1v) is 13.7. The quantitative estimate of drug-likeness (QED) is 0.249. The summed E-state index contributed by atoms with van der Waals surface area (Å²) in [4.78, 5) is 39.5. The van der Waals surface area contributed by atoms with Gasteiger partial charge in [-0.15, -0.1) is 0 Å². The van der Waals surface area contributed by atoms with Crippen LogP contribution in [0, 0.1) is 0 Å². The molecule has 3 heterocycles. The van der Waals surface area contributed by atoms with E-state index < -0.39 is 11.0 Å². The van der Waals surface area contributed by atoms with Gasteiger partial charge in [0, 0.05) is 44.1 Å². The number of likely N-dealkylation sites (tertiary alicyclic amines) is 1. The van der Waals surface area contributed by atoms with Crippen LogP contribution in [0.5, 0.6) is 0 Å². The van der Waals surface area contributed by atoms with Crippen molar-refractivity contribution in [1.82, 2.24) is 25.2 Å². The number of hydrogen-bond donors (Lipinski definition) is 4. The van der Waals surface area contributed by atoms with Gasteiger partial charge >= 0.3 is 0 Å². The van der Waals surface area contributed by atoms with E-state index in [4.69, 9.17) is 9.97 Å². The summed E-state index contributed by atoms with van der Waals surface area (Å²) in [6.45, 7) is 7.16. The topological polar surface area (TPSA) is 123 Å². The Bertz CT molecular complexity index is 1490. The minimum absolute atomic E-state index is 0.100. The lowest BCUT2D eigenvalue weighted by Crippen LogP contribution is -2.55. The van der Waals surface area contributed by atoms with Crippen molar-refractivity contribution < 1.29 is 14.7 Å². The summed E-state index contributed by atoms with van der Waals surface area (Å²) in [7, 11) is 0. The second-order valence-corrected chi connectivity index (χ2v) is 10.9. The highest BCUT2D eigenvalue weighted by Gasteiger charge is 2.47. The van der Waals surface area contributed by atoms with Gasteiger partial charge < -0.3 is 25.6 Å². The average molecular weight is 541 g/mol. The van der Waals surface area contributed by atoms with Crippen molar-refractivity contribution in [3.63, 3.8) is 0 Å². The highest BCUT2D eigenvalue weighted by Crippen LogP contribution is 2.44. The van der Waals surface area contributed by atoms with Gasteiger partial charge in [-0.25, -0.2) is 9.97 Å². The molecule has 4 aromatic rings. The number of amides is 2. The van der Waals surface area contributed by atoms with Crippen molar-refractivity contribution in [3.05, 3.63) is 78.0 Å².